The maximum Gasteiger partial charge on any atom is 0.155 e. The number of ketones is 5. The summed E-state index contributed by atoms with van der Waals surface area (Å²) in [4.78, 5) is 62.5. The van der Waals surface area contributed by atoms with E-state index in [0.29, 0.717) is 50.9 Å². The Labute approximate surface area is 560 Å². The van der Waals surface area contributed by atoms with Gasteiger partial charge in [0.25, 0.3) is 0 Å². The second-order valence-electron chi connectivity index (χ2n) is 35.9. The first kappa shape index (κ1) is 85.0. The average molecular weight is 1270 g/mol. The Bertz CT molecular complexity index is 2180. The van der Waals surface area contributed by atoms with Gasteiger partial charge in [0.15, 0.2) is 28.9 Å². The molecular formula is C74H158N10O5. The number of carbonyl (C=O) groups is 5. The molecule has 15 heteroatoms. The highest BCUT2D eigenvalue weighted by Gasteiger charge is 2.36. The molecule has 89 heavy (non-hydrogen) atoms. The van der Waals surface area contributed by atoms with Gasteiger partial charge in [-0.1, -0.05) is 110 Å². The average Bonchev–Trinajstić information content (AvgIpc) is 0.821. The van der Waals surface area contributed by atoms with Crippen LogP contribution in [0.2, 0.25) is 0 Å². The molecule has 15 nitrogen and oxygen atoms in total. The molecule has 0 radical (unpaired) electrons. The van der Waals surface area contributed by atoms with Crippen LogP contribution in [-0.4, -0.2) is 117 Å². The summed E-state index contributed by atoms with van der Waals surface area (Å²) in [5, 5.41) is 16.3. The van der Waals surface area contributed by atoms with Crippen LogP contribution in [0.4, 0.5) is 0 Å². The van der Waals surface area contributed by atoms with E-state index in [2.05, 4.69) is 68.1 Å². The van der Waals surface area contributed by atoms with E-state index in [1.165, 1.54) is 0 Å². The maximum atomic E-state index is 12.6. The minimum Gasteiger partial charge on any atom is -0.330 e. The van der Waals surface area contributed by atoms with Gasteiger partial charge in [0.05, 0.1) is 34.2 Å². The summed E-state index contributed by atoms with van der Waals surface area (Å²) in [6.07, 6.45) is 10.7. The van der Waals surface area contributed by atoms with Gasteiger partial charge in [-0.2, -0.15) is 0 Å². The van der Waals surface area contributed by atoms with E-state index < -0.39 is 46.3 Å². The van der Waals surface area contributed by atoms with Crippen molar-refractivity contribution in [2.24, 2.45) is 55.7 Å². The molecule has 0 fully saturated rings. The molecule has 0 aromatic rings. The van der Waals surface area contributed by atoms with E-state index in [-0.39, 0.29) is 85.8 Å². The van der Waals surface area contributed by atoms with Gasteiger partial charge in [0, 0.05) is 81.6 Å². The normalized spacial score (nSPS) is 18.7. The Hall–Kier alpha value is -2.05. The number of hydrogen-bond acceptors (Lipinski definition) is 15. The summed E-state index contributed by atoms with van der Waals surface area (Å²) in [7, 11) is 0. The van der Waals surface area contributed by atoms with Crippen molar-refractivity contribution < 1.29 is 30.8 Å². The Morgan fingerprint density at radius 3 is 0.685 bits per heavy atom. The van der Waals surface area contributed by atoms with E-state index in [0.717, 1.165) is 57.8 Å². The molecule has 0 bridgehead atoms. The molecule has 0 rings (SSSR count). The van der Waals surface area contributed by atoms with Crippen LogP contribution in [0.1, 0.15) is 339 Å². The number of nitrogens with two attached hydrogens (primary N) is 5. The highest BCUT2D eigenvalue weighted by molar-refractivity contribution is 5.90. The molecule has 0 saturated heterocycles. The molecule has 0 aliphatic heterocycles. The molecule has 0 spiro atoms. The van der Waals surface area contributed by atoms with Gasteiger partial charge in [0.2, 0.25) is 0 Å². The number of hydrogen-bond donors (Lipinski definition) is 10. The van der Waals surface area contributed by atoms with E-state index in [1.54, 1.807) is 13.8 Å². The topological polar surface area (TPSA) is 276 Å². The Morgan fingerprint density at radius 2 is 0.494 bits per heavy atom. The van der Waals surface area contributed by atoms with Crippen LogP contribution in [-0.2, 0) is 24.0 Å². The van der Waals surface area contributed by atoms with E-state index in [1.807, 2.05) is 180 Å². The second-order valence-corrected chi connectivity index (χ2v) is 35.9. The zero-order valence-electron chi connectivity index (χ0n) is 70.1. The van der Waals surface area contributed by atoms with Crippen LogP contribution in [0.3, 0.4) is 0 Å². The van der Waals surface area contributed by atoms with Crippen LogP contribution in [0, 0.1) is 27.1 Å². The van der Waals surface area contributed by atoms with E-state index >= 15 is 0 Å². The van der Waals surface area contributed by atoms with Gasteiger partial charge in [-0.25, -0.2) is 0 Å². The standard InChI is InChI=1S/4C15H32N2O.C14H30N2O/c4*1-11(16)9-8-10-12(17-15(5,6)7)13(18)14(2,3)4;1-13(2,3)12(17)11(9-7-8-10-15)16-14(4,5)6/h4*11-12,17H,8-10,16H2,1-7H3;11,16H,7-10,15H2,1-6H3/t2*11?,12-;11-,12+;11-,12-;11-/m00100/s1/i11D,12D;11D;12D;;11D. The highest BCUT2D eigenvalue weighted by atomic mass is 16.1. The highest BCUT2D eigenvalue weighted by Crippen LogP contribution is 2.26. The molecule has 0 amide bonds. The first-order valence-corrected chi connectivity index (χ1v) is 33.9. The van der Waals surface area contributed by atoms with E-state index in [4.69, 9.17) is 35.5 Å². The molecule has 0 aliphatic rings. The third-order valence-corrected chi connectivity index (χ3v) is 13.0. The zero-order chi connectivity index (χ0) is 76.5. The summed E-state index contributed by atoms with van der Waals surface area (Å²) in [5.41, 5.74) is 25.1. The quantitative estimate of drug-likeness (QED) is 0.0300. The fourth-order valence-electron chi connectivity index (χ4n) is 8.86. The van der Waals surface area contributed by atoms with Gasteiger partial charge >= 0.3 is 0 Å². The van der Waals surface area contributed by atoms with Crippen molar-refractivity contribution in [2.75, 3.05) is 6.54 Å². The first-order valence-electron chi connectivity index (χ1n) is 36.4. The SMILES string of the molecule is C[C@H](N)CCC[C@H](NC(C)(C)C)C(=O)C(C)(C)C.[2H]C(C)(N)CCC[C@H](NC(C)(C)C)C(=O)C(C)(C)C.[2H]C(C)(N)CCC[C@]([2H])(NC(C)(C)C)C(=O)C(C)(C)C.[2H][C@@](CCCCN)(NC(C)(C)C)C(=O)C(C)(C)C.[2H][C@@](CCC[C@@H](C)N)(NC(C)(C)C)C(=O)C(C)(C)C. The van der Waals surface area contributed by atoms with Gasteiger partial charge in [-0.15, -0.1) is 0 Å². The van der Waals surface area contributed by atoms with Crippen molar-refractivity contribution >= 4 is 28.9 Å². The number of nitrogens with one attached hydrogen (secondary N) is 5. The third kappa shape index (κ3) is 58.3. The van der Waals surface area contributed by atoms with Crippen LogP contribution >= 0.6 is 0 Å². The largest absolute Gasteiger partial charge is 0.330 e. The van der Waals surface area contributed by atoms with Gasteiger partial charge in [-0.3, -0.25) is 24.0 Å². The lowest BCUT2D eigenvalue weighted by atomic mass is 9.83. The molecule has 2 unspecified atom stereocenters. The first-order chi connectivity index (χ1) is 40.9. The predicted octanol–water partition coefficient (Wildman–Crippen LogP) is 14.0. The molecule has 534 valence electrons. The molecular weight excluding hydrogens is 1110 g/mol. The lowest BCUT2D eigenvalue weighted by Gasteiger charge is -2.32. The predicted molar refractivity (Wildman–Crippen MR) is 389 cm³/mol. The zero-order valence-corrected chi connectivity index (χ0v) is 65.1. The molecule has 0 aliphatic carbocycles. The van der Waals surface area contributed by atoms with Crippen LogP contribution in [0.5, 0.6) is 0 Å². The van der Waals surface area contributed by atoms with Crippen LogP contribution in [0.15, 0.2) is 0 Å². The molecule has 9 atom stereocenters. The van der Waals surface area contributed by atoms with Crippen molar-refractivity contribution in [1.82, 2.24) is 26.6 Å². The van der Waals surface area contributed by atoms with Gasteiger partial charge in [0.1, 0.15) is 0 Å². The van der Waals surface area contributed by atoms with Crippen molar-refractivity contribution in [1.29, 1.82) is 0 Å². The minimum absolute atomic E-state index is 0.0418. The lowest BCUT2D eigenvalue weighted by Crippen LogP contribution is -2.50. The van der Waals surface area contributed by atoms with Gasteiger partial charge in [-0.05, 0) is 228 Å². The molecule has 15 N–H and O–H groups in total. The Kier molecular flexibility index (Phi) is 40.5. The smallest absolute Gasteiger partial charge is 0.155 e. The third-order valence-electron chi connectivity index (χ3n) is 13.0. The molecule has 0 aromatic carbocycles. The number of carbonyl (C=O) groups excluding carboxylic acids is 5. The Morgan fingerprint density at radius 1 is 0.292 bits per heavy atom. The summed E-state index contributed by atoms with van der Waals surface area (Å²) in [6, 6.07) is -5.59. The van der Waals surface area contributed by atoms with Crippen molar-refractivity contribution in [3.63, 3.8) is 0 Å². The second kappa shape index (κ2) is 42.4. The fraction of sp³-hybridized carbons (Fsp3) is 0.932. The van der Waals surface area contributed by atoms with Crippen LogP contribution < -0.4 is 55.3 Å². The van der Waals surface area contributed by atoms with Crippen LogP contribution in [0.25, 0.3) is 0 Å². The molecule has 0 heterocycles. The molecule has 0 aromatic heterocycles. The summed E-state index contributed by atoms with van der Waals surface area (Å²) in [5.74, 6) is 0.290. The molecule has 0 saturated carbocycles. The van der Waals surface area contributed by atoms with Crippen molar-refractivity contribution in [3.05, 3.63) is 0 Å². The van der Waals surface area contributed by atoms with Crippen molar-refractivity contribution in [3.8, 4) is 0 Å². The lowest BCUT2D eigenvalue weighted by molar-refractivity contribution is -0.129. The van der Waals surface area contributed by atoms with Gasteiger partial charge < -0.3 is 55.3 Å². The maximum absolute atomic E-state index is 12.6. The summed E-state index contributed by atoms with van der Waals surface area (Å²) >= 11 is 0. The van der Waals surface area contributed by atoms with Crippen molar-refractivity contribution in [2.45, 2.75) is 414 Å². The fourth-order valence-corrected chi connectivity index (χ4v) is 8.86. The Balaban J connectivity index is -0.000000351. The minimum atomic E-state index is -1.33. The number of rotatable bonds is 30. The summed E-state index contributed by atoms with van der Waals surface area (Å²) < 4.78 is 41.0. The monoisotopic (exact) mass is 1270 g/mol. The number of unbranched alkanes of at least 4 members (excludes halogenated alkanes) is 1. The van der Waals surface area contributed by atoms with E-state index in [9.17, 15) is 24.0 Å². The summed E-state index contributed by atoms with van der Waals surface area (Å²) in [6.45, 7) is 66.6. The number of Topliss-reactive ketones (excluding diaryl/α,β-unsaturated/α-hetero) is 5.